The lowest BCUT2D eigenvalue weighted by Crippen LogP contribution is -2.51. The fourth-order valence-corrected chi connectivity index (χ4v) is 2.87. The monoisotopic (exact) mass is 256 g/mol. The lowest BCUT2D eigenvalue weighted by Gasteiger charge is -2.35. The second-order valence-electron chi connectivity index (χ2n) is 6.09. The maximum absolute atomic E-state index is 11.1. The highest BCUT2D eigenvalue weighted by Crippen LogP contribution is 2.24. The molecule has 1 saturated carbocycles. The number of rotatable bonds is 5. The lowest BCUT2D eigenvalue weighted by molar-refractivity contribution is -0.143. The second-order valence-corrected chi connectivity index (χ2v) is 6.09. The average molecular weight is 256 g/mol. The lowest BCUT2D eigenvalue weighted by atomic mass is 9.93. The van der Waals surface area contributed by atoms with Gasteiger partial charge < -0.3 is 15.7 Å². The fraction of sp³-hybridized carbons (Fsp3) is 0.929. The number of carboxylic acid groups (broad SMARTS) is 1. The average Bonchev–Trinajstić information content (AvgIpc) is 2.55. The van der Waals surface area contributed by atoms with Crippen molar-refractivity contribution in [3.8, 4) is 0 Å². The SMILES string of the molecule is CC(CC(C)(N)C(=O)O)N(C)C1CCCCCC1. The Labute approximate surface area is 111 Å². The molecule has 0 spiro atoms. The van der Waals surface area contributed by atoms with Crippen molar-refractivity contribution >= 4 is 5.97 Å². The number of nitrogens with two attached hydrogens (primary N) is 1. The van der Waals surface area contributed by atoms with Gasteiger partial charge in [0.05, 0.1) is 0 Å². The van der Waals surface area contributed by atoms with E-state index < -0.39 is 11.5 Å². The predicted octanol–water partition coefficient (Wildman–Crippen LogP) is 2.22. The minimum Gasteiger partial charge on any atom is -0.480 e. The van der Waals surface area contributed by atoms with E-state index in [0.717, 1.165) is 0 Å². The van der Waals surface area contributed by atoms with Crippen molar-refractivity contribution in [2.24, 2.45) is 5.73 Å². The van der Waals surface area contributed by atoms with E-state index in [1.807, 2.05) is 0 Å². The Morgan fingerprint density at radius 2 is 1.89 bits per heavy atom. The molecule has 106 valence electrons. The third kappa shape index (κ3) is 4.25. The first kappa shape index (κ1) is 15.4. The van der Waals surface area contributed by atoms with Gasteiger partial charge in [0.15, 0.2) is 0 Å². The van der Waals surface area contributed by atoms with Crippen molar-refractivity contribution in [1.29, 1.82) is 0 Å². The van der Waals surface area contributed by atoms with Gasteiger partial charge in [-0.3, -0.25) is 4.79 Å². The van der Waals surface area contributed by atoms with Crippen molar-refractivity contribution in [2.75, 3.05) is 7.05 Å². The van der Waals surface area contributed by atoms with Crippen LogP contribution >= 0.6 is 0 Å². The summed E-state index contributed by atoms with van der Waals surface area (Å²) in [7, 11) is 2.11. The molecule has 0 aliphatic heterocycles. The molecule has 4 nitrogen and oxygen atoms in total. The molecule has 0 bridgehead atoms. The number of carboxylic acids is 1. The van der Waals surface area contributed by atoms with Crippen LogP contribution in [0.5, 0.6) is 0 Å². The fourth-order valence-electron chi connectivity index (χ4n) is 2.87. The highest BCUT2D eigenvalue weighted by Gasteiger charge is 2.32. The molecule has 1 fully saturated rings. The Balaban J connectivity index is 2.54. The molecule has 0 aromatic rings. The molecule has 0 radical (unpaired) electrons. The van der Waals surface area contributed by atoms with Crippen LogP contribution in [-0.2, 0) is 4.79 Å². The standard InChI is InChI=1S/C14H28N2O2/c1-11(10-14(2,15)13(17)18)16(3)12-8-6-4-5-7-9-12/h11-12H,4-10,15H2,1-3H3,(H,17,18). The Kier molecular flexibility index (Phi) is 5.60. The number of carbonyl (C=O) groups is 1. The zero-order chi connectivity index (χ0) is 13.8. The molecular weight excluding hydrogens is 228 g/mol. The van der Waals surface area contributed by atoms with Crippen molar-refractivity contribution in [2.45, 2.75) is 76.4 Å². The minimum absolute atomic E-state index is 0.208. The Bertz CT molecular complexity index is 271. The molecule has 2 unspecified atom stereocenters. The minimum atomic E-state index is -1.13. The van der Waals surface area contributed by atoms with Gasteiger partial charge in [-0.25, -0.2) is 0 Å². The third-order valence-corrected chi connectivity index (χ3v) is 4.30. The number of hydrogen-bond acceptors (Lipinski definition) is 3. The molecule has 3 N–H and O–H groups in total. The first-order chi connectivity index (χ1) is 8.34. The molecule has 18 heavy (non-hydrogen) atoms. The zero-order valence-corrected chi connectivity index (χ0v) is 12.0. The predicted molar refractivity (Wildman–Crippen MR) is 73.6 cm³/mol. The number of nitrogens with zero attached hydrogens (tertiary/aromatic N) is 1. The van der Waals surface area contributed by atoms with Crippen LogP contribution in [0.15, 0.2) is 0 Å². The van der Waals surface area contributed by atoms with Gasteiger partial charge in [-0.05, 0) is 40.2 Å². The molecule has 1 aliphatic rings. The molecule has 0 aromatic carbocycles. The van der Waals surface area contributed by atoms with Crippen LogP contribution in [-0.4, -0.2) is 40.6 Å². The molecule has 0 saturated heterocycles. The topological polar surface area (TPSA) is 66.6 Å². The molecule has 0 aromatic heterocycles. The van der Waals surface area contributed by atoms with Gasteiger partial charge in [0.1, 0.15) is 5.54 Å². The Morgan fingerprint density at radius 1 is 1.39 bits per heavy atom. The second kappa shape index (κ2) is 6.53. The van der Waals surface area contributed by atoms with Crippen molar-refractivity contribution in [3.63, 3.8) is 0 Å². The van der Waals surface area contributed by atoms with E-state index in [1.165, 1.54) is 38.5 Å². The Morgan fingerprint density at radius 3 is 2.33 bits per heavy atom. The van der Waals surface area contributed by atoms with Crippen LogP contribution in [0.25, 0.3) is 0 Å². The van der Waals surface area contributed by atoms with E-state index >= 15 is 0 Å². The highest BCUT2D eigenvalue weighted by atomic mass is 16.4. The van der Waals surface area contributed by atoms with Crippen molar-refractivity contribution in [3.05, 3.63) is 0 Å². The summed E-state index contributed by atoms with van der Waals surface area (Å²) in [5.74, 6) is -0.913. The van der Waals surface area contributed by atoms with Gasteiger partial charge in [0, 0.05) is 12.1 Å². The van der Waals surface area contributed by atoms with Crippen molar-refractivity contribution in [1.82, 2.24) is 4.90 Å². The van der Waals surface area contributed by atoms with Gasteiger partial charge >= 0.3 is 5.97 Å². The van der Waals surface area contributed by atoms with Gasteiger partial charge in [-0.15, -0.1) is 0 Å². The summed E-state index contributed by atoms with van der Waals surface area (Å²) in [6.45, 7) is 3.69. The van der Waals surface area contributed by atoms with E-state index in [0.29, 0.717) is 12.5 Å². The van der Waals surface area contributed by atoms with E-state index in [9.17, 15) is 4.79 Å². The largest absolute Gasteiger partial charge is 0.480 e. The Hall–Kier alpha value is -0.610. The van der Waals surface area contributed by atoms with E-state index in [1.54, 1.807) is 6.92 Å². The first-order valence-corrected chi connectivity index (χ1v) is 7.09. The molecule has 2 atom stereocenters. The van der Waals surface area contributed by atoms with Gasteiger partial charge in [0.25, 0.3) is 0 Å². The normalized spacial score (nSPS) is 23.4. The molecular formula is C14H28N2O2. The summed E-state index contributed by atoms with van der Waals surface area (Å²) in [5.41, 5.74) is 4.71. The smallest absolute Gasteiger partial charge is 0.323 e. The van der Waals surface area contributed by atoms with Gasteiger partial charge in [0.2, 0.25) is 0 Å². The quantitative estimate of drug-likeness (QED) is 0.740. The van der Waals surface area contributed by atoms with Crippen LogP contribution in [0, 0.1) is 0 Å². The van der Waals surface area contributed by atoms with Crippen LogP contribution in [0.2, 0.25) is 0 Å². The molecule has 1 aliphatic carbocycles. The summed E-state index contributed by atoms with van der Waals surface area (Å²) >= 11 is 0. The van der Waals surface area contributed by atoms with E-state index in [-0.39, 0.29) is 6.04 Å². The summed E-state index contributed by atoms with van der Waals surface area (Å²) < 4.78 is 0. The van der Waals surface area contributed by atoms with Crippen LogP contribution in [0.3, 0.4) is 0 Å². The summed E-state index contributed by atoms with van der Waals surface area (Å²) in [6.07, 6.45) is 8.21. The zero-order valence-electron chi connectivity index (χ0n) is 12.0. The molecule has 0 amide bonds. The molecule has 0 heterocycles. The van der Waals surface area contributed by atoms with Gasteiger partial charge in [-0.1, -0.05) is 25.7 Å². The van der Waals surface area contributed by atoms with Crippen molar-refractivity contribution < 1.29 is 9.90 Å². The summed E-state index contributed by atoms with van der Waals surface area (Å²) in [5, 5.41) is 9.08. The maximum Gasteiger partial charge on any atom is 0.323 e. The highest BCUT2D eigenvalue weighted by molar-refractivity contribution is 5.77. The van der Waals surface area contributed by atoms with E-state index in [2.05, 4.69) is 18.9 Å². The van der Waals surface area contributed by atoms with Crippen LogP contribution in [0.1, 0.15) is 58.8 Å². The summed E-state index contributed by atoms with van der Waals surface area (Å²) in [6, 6.07) is 0.797. The van der Waals surface area contributed by atoms with Gasteiger partial charge in [-0.2, -0.15) is 0 Å². The first-order valence-electron chi connectivity index (χ1n) is 7.09. The number of aliphatic carboxylic acids is 1. The molecule has 4 heteroatoms. The van der Waals surface area contributed by atoms with Crippen LogP contribution in [0.4, 0.5) is 0 Å². The maximum atomic E-state index is 11.1. The molecule has 1 rings (SSSR count). The third-order valence-electron chi connectivity index (χ3n) is 4.30. The van der Waals surface area contributed by atoms with Crippen LogP contribution < -0.4 is 5.73 Å². The number of hydrogen-bond donors (Lipinski definition) is 2. The summed E-state index contributed by atoms with van der Waals surface area (Å²) in [4.78, 5) is 13.4. The van der Waals surface area contributed by atoms with E-state index in [4.69, 9.17) is 10.8 Å².